The van der Waals surface area contributed by atoms with E-state index >= 15 is 0 Å². The van der Waals surface area contributed by atoms with Crippen LogP contribution in [0.2, 0.25) is 0 Å². The Kier molecular flexibility index (Phi) is 2.97. The molecule has 12 heavy (non-hydrogen) atoms. The third kappa shape index (κ3) is 1.64. The topological polar surface area (TPSA) is 26.0 Å². The summed E-state index contributed by atoms with van der Waals surface area (Å²) in [4.78, 5) is 0. The molecular formula is C10H19NS. The molecule has 1 saturated heterocycles. The first-order chi connectivity index (χ1) is 5.92. The Balaban J connectivity index is 1.98. The van der Waals surface area contributed by atoms with Gasteiger partial charge in [0.15, 0.2) is 0 Å². The number of hydrogen-bond acceptors (Lipinski definition) is 2. The fraction of sp³-hybridized carbons (Fsp3) is 1.00. The van der Waals surface area contributed by atoms with Crippen molar-refractivity contribution in [3.8, 4) is 0 Å². The SMILES string of the molecule is NCCC1C2CCCC1CSC2. The van der Waals surface area contributed by atoms with E-state index in [4.69, 9.17) is 5.73 Å². The lowest BCUT2D eigenvalue weighted by Gasteiger charge is -2.42. The van der Waals surface area contributed by atoms with E-state index in [1.807, 2.05) is 0 Å². The van der Waals surface area contributed by atoms with E-state index in [1.165, 1.54) is 37.2 Å². The van der Waals surface area contributed by atoms with Crippen molar-refractivity contribution < 1.29 is 0 Å². The molecule has 2 heteroatoms. The zero-order valence-corrected chi connectivity index (χ0v) is 8.48. The Morgan fingerprint density at radius 3 is 2.42 bits per heavy atom. The Bertz CT molecular complexity index is 127. The summed E-state index contributed by atoms with van der Waals surface area (Å²) in [5.41, 5.74) is 5.66. The monoisotopic (exact) mass is 185 g/mol. The van der Waals surface area contributed by atoms with Crippen LogP contribution >= 0.6 is 11.8 Å². The van der Waals surface area contributed by atoms with Gasteiger partial charge in [0.1, 0.15) is 0 Å². The summed E-state index contributed by atoms with van der Waals surface area (Å²) in [6.07, 6.45) is 5.73. The molecule has 2 atom stereocenters. The number of fused-ring (bicyclic) bond motifs is 2. The molecule has 2 unspecified atom stereocenters. The first-order valence-electron chi connectivity index (χ1n) is 5.19. The highest BCUT2D eigenvalue weighted by atomic mass is 32.2. The summed E-state index contributed by atoms with van der Waals surface area (Å²) >= 11 is 2.18. The minimum absolute atomic E-state index is 0.905. The van der Waals surface area contributed by atoms with Crippen LogP contribution in [0.4, 0.5) is 0 Å². The van der Waals surface area contributed by atoms with Crippen LogP contribution in [0.1, 0.15) is 25.7 Å². The van der Waals surface area contributed by atoms with Crippen molar-refractivity contribution in [2.45, 2.75) is 25.7 Å². The molecule has 0 radical (unpaired) electrons. The first kappa shape index (κ1) is 8.89. The van der Waals surface area contributed by atoms with Crippen LogP contribution in [0.15, 0.2) is 0 Å². The molecule has 1 aliphatic carbocycles. The van der Waals surface area contributed by atoms with Gasteiger partial charge in [-0.15, -0.1) is 0 Å². The predicted molar refractivity (Wildman–Crippen MR) is 55.3 cm³/mol. The van der Waals surface area contributed by atoms with Crippen LogP contribution in [0.3, 0.4) is 0 Å². The van der Waals surface area contributed by atoms with E-state index < -0.39 is 0 Å². The van der Waals surface area contributed by atoms with Gasteiger partial charge in [0.05, 0.1) is 0 Å². The molecule has 2 bridgehead atoms. The molecule has 2 rings (SSSR count). The second kappa shape index (κ2) is 4.01. The zero-order chi connectivity index (χ0) is 8.39. The van der Waals surface area contributed by atoms with Crippen molar-refractivity contribution in [3.05, 3.63) is 0 Å². The zero-order valence-electron chi connectivity index (χ0n) is 7.67. The highest BCUT2D eigenvalue weighted by Gasteiger charge is 2.35. The highest BCUT2D eigenvalue weighted by Crippen LogP contribution is 2.44. The maximum atomic E-state index is 5.66. The Morgan fingerprint density at radius 2 is 1.83 bits per heavy atom. The molecule has 70 valence electrons. The Morgan fingerprint density at radius 1 is 1.17 bits per heavy atom. The van der Waals surface area contributed by atoms with Gasteiger partial charge in [-0.3, -0.25) is 0 Å². The van der Waals surface area contributed by atoms with Crippen molar-refractivity contribution in [1.29, 1.82) is 0 Å². The minimum Gasteiger partial charge on any atom is -0.330 e. The number of thioether (sulfide) groups is 1. The lowest BCUT2D eigenvalue weighted by Crippen LogP contribution is -2.36. The van der Waals surface area contributed by atoms with E-state index in [-0.39, 0.29) is 0 Å². The summed E-state index contributed by atoms with van der Waals surface area (Å²) < 4.78 is 0. The summed E-state index contributed by atoms with van der Waals surface area (Å²) in [6, 6.07) is 0. The van der Waals surface area contributed by atoms with Crippen molar-refractivity contribution in [2.24, 2.45) is 23.5 Å². The molecule has 0 aromatic carbocycles. The predicted octanol–water partition coefficient (Wildman–Crippen LogP) is 2.11. The van der Waals surface area contributed by atoms with Crippen molar-refractivity contribution in [3.63, 3.8) is 0 Å². The second-order valence-corrected chi connectivity index (χ2v) is 5.30. The van der Waals surface area contributed by atoms with E-state index in [0.29, 0.717) is 0 Å². The van der Waals surface area contributed by atoms with Gasteiger partial charge in [-0.25, -0.2) is 0 Å². The van der Waals surface area contributed by atoms with Crippen LogP contribution in [0, 0.1) is 17.8 Å². The maximum absolute atomic E-state index is 5.66. The van der Waals surface area contributed by atoms with Crippen molar-refractivity contribution in [2.75, 3.05) is 18.1 Å². The van der Waals surface area contributed by atoms with E-state index in [1.54, 1.807) is 0 Å². The molecule has 1 heterocycles. The van der Waals surface area contributed by atoms with Crippen molar-refractivity contribution >= 4 is 11.8 Å². The normalized spacial score (nSPS) is 41.2. The van der Waals surface area contributed by atoms with E-state index in [0.717, 1.165) is 24.3 Å². The van der Waals surface area contributed by atoms with Gasteiger partial charge in [0.25, 0.3) is 0 Å². The molecule has 0 amide bonds. The third-order valence-electron chi connectivity index (χ3n) is 3.52. The smallest absolute Gasteiger partial charge is 0.00363 e. The lowest BCUT2D eigenvalue weighted by atomic mass is 9.71. The molecule has 2 N–H and O–H groups in total. The first-order valence-corrected chi connectivity index (χ1v) is 6.35. The third-order valence-corrected chi connectivity index (χ3v) is 4.85. The van der Waals surface area contributed by atoms with Crippen LogP contribution in [-0.2, 0) is 0 Å². The van der Waals surface area contributed by atoms with Gasteiger partial charge < -0.3 is 5.73 Å². The molecule has 0 aromatic rings. The fourth-order valence-electron chi connectivity index (χ4n) is 2.90. The fourth-order valence-corrected chi connectivity index (χ4v) is 4.47. The van der Waals surface area contributed by atoms with Crippen molar-refractivity contribution in [1.82, 2.24) is 0 Å². The highest BCUT2D eigenvalue weighted by molar-refractivity contribution is 7.99. The lowest BCUT2D eigenvalue weighted by molar-refractivity contribution is 0.169. The molecule has 0 spiro atoms. The number of hydrogen-bond donors (Lipinski definition) is 1. The van der Waals surface area contributed by atoms with Gasteiger partial charge >= 0.3 is 0 Å². The second-order valence-electron chi connectivity index (χ2n) is 4.23. The van der Waals surface area contributed by atoms with Crippen LogP contribution in [0.5, 0.6) is 0 Å². The molecule has 0 aromatic heterocycles. The standard InChI is InChI=1S/C10H19NS/c11-5-4-10-8-2-1-3-9(10)7-12-6-8/h8-10H,1-7,11H2. The average molecular weight is 185 g/mol. The van der Waals surface area contributed by atoms with Gasteiger partial charge in [-0.2, -0.15) is 11.8 Å². The molecule has 1 nitrogen and oxygen atoms in total. The Labute approximate surface area is 79.5 Å². The van der Waals surface area contributed by atoms with Crippen LogP contribution in [0.25, 0.3) is 0 Å². The molecule has 1 saturated carbocycles. The quantitative estimate of drug-likeness (QED) is 0.713. The average Bonchev–Trinajstić information content (AvgIpc) is 2.04. The largest absolute Gasteiger partial charge is 0.330 e. The van der Waals surface area contributed by atoms with Gasteiger partial charge in [-0.1, -0.05) is 6.42 Å². The van der Waals surface area contributed by atoms with Crippen LogP contribution < -0.4 is 5.73 Å². The molecule has 2 fully saturated rings. The number of rotatable bonds is 2. The summed E-state index contributed by atoms with van der Waals surface area (Å²) in [6.45, 7) is 0.905. The number of nitrogens with two attached hydrogens (primary N) is 1. The molecule has 2 aliphatic rings. The summed E-state index contributed by atoms with van der Waals surface area (Å²) in [5.74, 6) is 5.87. The van der Waals surface area contributed by atoms with E-state index in [9.17, 15) is 0 Å². The van der Waals surface area contributed by atoms with Gasteiger partial charge in [0, 0.05) is 0 Å². The summed E-state index contributed by atoms with van der Waals surface area (Å²) in [5, 5.41) is 0. The van der Waals surface area contributed by atoms with Gasteiger partial charge in [0.2, 0.25) is 0 Å². The Hall–Kier alpha value is 0.310. The molecular weight excluding hydrogens is 166 g/mol. The van der Waals surface area contributed by atoms with Crippen LogP contribution in [-0.4, -0.2) is 18.1 Å². The summed E-state index contributed by atoms with van der Waals surface area (Å²) in [7, 11) is 0. The van der Waals surface area contributed by atoms with Gasteiger partial charge in [-0.05, 0) is 55.1 Å². The minimum atomic E-state index is 0.905. The van der Waals surface area contributed by atoms with E-state index in [2.05, 4.69) is 11.8 Å². The molecule has 1 aliphatic heterocycles. The maximum Gasteiger partial charge on any atom is -0.00363 e.